The van der Waals surface area contributed by atoms with Crippen LogP contribution < -0.4 is 14.4 Å². The summed E-state index contributed by atoms with van der Waals surface area (Å²) in [6, 6.07) is 23.9. The van der Waals surface area contributed by atoms with Crippen molar-refractivity contribution in [1.29, 1.82) is 0 Å². The number of nitrogens with zero attached hydrogens (tertiary/aromatic N) is 2. The molecular formula is C36H38Cl3N3O5S. The second kappa shape index (κ2) is 16.6. The number of sulfonamides is 1. The highest BCUT2D eigenvalue weighted by Crippen LogP contribution is 2.33. The predicted molar refractivity (Wildman–Crippen MR) is 193 cm³/mol. The zero-order chi connectivity index (χ0) is 35.0. The van der Waals surface area contributed by atoms with Crippen LogP contribution in [0.2, 0.25) is 15.1 Å². The summed E-state index contributed by atoms with van der Waals surface area (Å²) in [6.45, 7) is 4.99. The molecule has 0 aliphatic rings. The van der Waals surface area contributed by atoms with Crippen molar-refractivity contribution >= 4 is 62.3 Å². The molecule has 4 rings (SSSR count). The van der Waals surface area contributed by atoms with Crippen molar-refractivity contribution in [3.8, 4) is 5.75 Å². The van der Waals surface area contributed by atoms with Crippen LogP contribution in [0.15, 0.2) is 95.9 Å². The van der Waals surface area contributed by atoms with Gasteiger partial charge in [0.25, 0.3) is 10.0 Å². The van der Waals surface area contributed by atoms with Crippen LogP contribution in [0.3, 0.4) is 0 Å². The van der Waals surface area contributed by atoms with Crippen molar-refractivity contribution in [2.24, 2.45) is 0 Å². The Kier molecular flexibility index (Phi) is 12.8. The van der Waals surface area contributed by atoms with Gasteiger partial charge >= 0.3 is 0 Å². The first-order chi connectivity index (χ1) is 22.8. The van der Waals surface area contributed by atoms with Crippen molar-refractivity contribution < 1.29 is 22.7 Å². The van der Waals surface area contributed by atoms with Gasteiger partial charge in [0.2, 0.25) is 11.8 Å². The summed E-state index contributed by atoms with van der Waals surface area (Å²) < 4.78 is 34.8. The van der Waals surface area contributed by atoms with E-state index in [0.717, 1.165) is 15.4 Å². The number of hydrogen-bond acceptors (Lipinski definition) is 5. The van der Waals surface area contributed by atoms with Crippen LogP contribution >= 0.6 is 34.8 Å². The van der Waals surface area contributed by atoms with E-state index in [0.29, 0.717) is 22.8 Å². The molecule has 0 unspecified atom stereocenters. The number of amides is 2. The van der Waals surface area contributed by atoms with Gasteiger partial charge in [0, 0.05) is 19.0 Å². The third-order valence-electron chi connectivity index (χ3n) is 7.92. The molecule has 4 aromatic rings. The van der Waals surface area contributed by atoms with Gasteiger partial charge in [-0.05, 0) is 73.9 Å². The van der Waals surface area contributed by atoms with E-state index < -0.39 is 28.5 Å². The van der Waals surface area contributed by atoms with Crippen LogP contribution in [-0.2, 0) is 32.6 Å². The fourth-order valence-corrected chi connectivity index (χ4v) is 6.99. The molecule has 0 heterocycles. The van der Waals surface area contributed by atoms with Crippen LogP contribution in [0.5, 0.6) is 5.75 Å². The fourth-order valence-electron chi connectivity index (χ4n) is 5.01. The maximum atomic E-state index is 14.6. The molecule has 2 atom stereocenters. The Labute approximate surface area is 297 Å². The lowest BCUT2D eigenvalue weighted by atomic mass is 10.0. The van der Waals surface area contributed by atoms with Gasteiger partial charge in [0.1, 0.15) is 18.3 Å². The third-order valence-corrected chi connectivity index (χ3v) is 10.7. The molecule has 0 saturated carbocycles. The minimum atomic E-state index is -4.30. The Hall–Kier alpha value is -3.76. The normalized spacial score (nSPS) is 12.6. The van der Waals surface area contributed by atoms with Gasteiger partial charge in [-0.15, -0.1) is 0 Å². The zero-order valence-electron chi connectivity index (χ0n) is 27.1. The molecule has 8 nitrogen and oxygen atoms in total. The predicted octanol–water partition coefficient (Wildman–Crippen LogP) is 7.71. The highest BCUT2D eigenvalue weighted by atomic mass is 35.5. The molecule has 254 valence electrons. The Balaban J connectivity index is 1.85. The van der Waals surface area contributed by atoms with E-state index in [4.69, 9.17) is 39.5 Å². The standard InChI is InChI=1S/C36H38Cl3N3O5S/c1-5-25(3)40-36(44)33(20-26-9-7-6-8-10-26)41(22-27-13-17-30(37)31(38)19-27)35(43)23-42(28-14-18-34(47-4)32(39)21-28)48(45,46)29-15-11-24(2)12-16-29/h6-19,21,25,33H,5,20,22-23H2,1-4H3,(H,40,44)/t25-,33+/m1/s1. The molecule has 0 fully saturated rings. The zero-order valence-corrected chi connectivity index (χ0v) is 30.2. The van der Waals surface area contributed by atoms with Crippen molar-refractivity contribution in [3.63, 3.8) is 0 Å². The number of nitrogens with one attached hydrogen (secondary N) is 1. The number of halogens is 3. The average Bonchev–Trinajstić information content (AvgIpc) is 3.07. The number of carbonyl (C=O) groups excluding carboxylic acids is 2. The maximum Gasteiger partial charge on any atom is 0.264 e. The number of rotatable bonds is 14. The van der Waals surface area contributed by atoms with E-state index in [1.165, 1.54) is 42.3 Å². The summed E-state index contributed by atoms with van der Waals surface area (Å²) in [6.07, 6.45) is 0.848. The minimum Gasteiger partial charge on any atom is -0.495 e. The Morgan fingerprint density at radius 3 is 2.15 bits per heavy atom. The van der Waals surface area contributed by atoms with E-state index >= 15 is 0 Å². The first-order valence-corrected chi connectivity index (χ1v) is 17.9. The van der Waals surface area contributed by atoms with Crippen molar-refractivity contribution in [1.82, 2.24) is 10.2 Å². The van der Waals surface area contributed by atoms with E-state index in [9.17, 15) is 18.0 Å². The lowest BCUT2D eigenvalue weighted by molar-refractivity contribution is -0.140. The Bertz CT molecular complexity index is 1840. The smallest absolute Gasteiger partial charge is 0.264 e. The van der Waals surface area contributed by atoms with Crippen LogP contribution in [0.4, 0.5) is 5.69 Å². The molecule has 0 aliphatic heterocycles. The highest BCUT2D eigenvalue weighted by molar-refractivity contribution is 7.92. The Morgan fingerprint density at radius 1 is 0.854 bits per heavy atom. The number of hydrogen-bond donors (Lipinski definition) is 1. The van der Waals surface area contributed by atoms with Crippen molar-refractivity contribution in [2.75, 3.05) is 18.0 Å². The van der Waals surface area contributed by atoms with E-state index in [2.05, 4.69) is 5.32 Å². The van der Waals surface area contributed by atoms with Crippen LogP contribution in [0.25, 0.3) is 0 Å². The van der Waals surface area contributed by atoms with Gasteiger partial charge in [0.05, 0.1) is 32.8 Å². The fraction of sp³-hybridized carbons (Fsp3) is 0.278. The molecule has 4 aromatic carbocycles. The van der Waals surface area contributed by atoms with E-state index in [1.807, 2.05) is 51.1 Å². The maximum absolute atomic E-state index is 14.6. The third kappa shape index (κ3) is 9.23. The summed E-state index contributed by atoms with van der Waals surface area (Å²) in [7, 11) is -2.85. The van der Waals surface area contributed by atoms with Gasteiger partial charge < -0.3 is 15.0 Å². The quantitative estimate of drug-likeness (QED) is 0.143. The van der Waals surface area contributed by atoms with Crippen molar-refractivity contribution in [2.45, 2.75) is 57.1 Å². The number of aryl methyl sites for hydroxylation is 1. The first-order valence-electron chi connectivity index (χ1n) is 15.3. The summed E-state index contributed by atoms with van der Waals surface area (Å²) in [5, 5.41) is 3.79. The SMILES string of the molecule is CC[C@@H](C)NC(=O)[C@H](Cc1ccccc1)N(Cc1ccc(Cl)c(Cl)c1)C(=O)CN(c1ccc(OC)c(Cl)c1)S(=O)(=O)c1ccc(C)cc1. The Morgan fingerprint density at radius 2 is 1.54 bits per heavy atom. The van der Waals surface area contributed by atoms with Crippen LogP contribution in [-0.4, -0.2) is 50.9 Å². The van der Waals surface area contributed by atoms with Gasteiger partial charge in [-0.1, -0.05) is 95.8 Å². The monoisotopic (exact) mass is 729 g/mol. The first kappa shape index (κ1) is 37.1. The molecule has 1 N–H and O–H groups in total. The molecule has 0 bridgehead atoms. The van der Waals surface area contributed by atoms with Gasteiger partial charge in [-0.3, -0.25) is 13.9 Å². The molecule has 0 aromatic heterocycles. The summed E-state index contributed by atoms with van der Waals surface area (Å²) in [5.74, 6) is -0.656. The largest absolute Gasteiger partial charge is 0.495 e. The van der Waals surface area contributed by atoms with Gasteiger partial charge in [-0.25, -0.2) is 8.42 Å². The minimum absolute atomic E-state index is 0.0146. The number of methoxy groups -OCH3 is 1. The topological polar surface area (TPSA) is 96.0 Å². The number of ether oxygens (including phenoxy) is 1. The number of benzene rings is 4. The van der Waals surface area contributed by atoms with Gasteiger partial charge in [-0.2, -0.15) is 0 Å². The molecule has 48 heavy (non-hydrogen) atoms. The number of anilines is 1. The molecule has 0 saturated heterocycles. The van der Waals surface area contributed by atoms with Crippen LogP contribution in [0.1, 0.15) is 37.0 Å². The van der Waals surface area contributed by atoms with Crippen LogP contribution in [0, 0.1) is 6.92 Å². The molecular weight excluding hydrogens is 693 g/mol. The summed E-state index contributed by atoms with van der Waals surface area (Å²) in [4.78, 5) is 30.0. The van der Waals surface area contributed by atoms with E-state index in [-0.39, 0.29) is 45.5 Å². The second-order valence-corrected chi connectivity index (χ2v) is 14.5. The highest BCUT2D eigenvalue weighted by Gasteiger charge is 2.35. The molecule has 0 aliphatic carbocycles. The lowest BCUT2D eigenvalue weighted by Gasteiger charge is -2.34. The van der Waals surface area contributed by atoms with Gasteiger partial charge in [0.15, 0.2) is 0 Å². The second-order valence-electron chi connectivity index (χ2n) is 11.4. The van der Waals surface area contributed by atoms with E-state index in [1.54, 1.807) is 30.3 Å². The molecule has 2 amide bonds. The summed E-state index contributed by atoms with van der Waals surface area (Å²) >= 11 is 19.0. The molecule has 0 spiro atoms. The number of carbonyl (C=O) groups is 2. The van der Waals surface area contributed by atoms with Crippen molar-refractivity contribution in [3.05, 3.63) is 123 Å². The lowest BCUT2D eigenvalue weighted by Crippen LogP contribution is -2.54. The molecule has 12 heteroatoms. The molecule has 0 radical (unpaired) electrons. The summed E-state index contributed by atoms with van der Waals surface area (Å²) in [5.41, 5.74) is 2.44. The average molecular weight is 731 g/mol.